The SMILES string of the molecule is CC(=O)OC[C@]12CCC(=O)C[C@@]13O[C@H]3C[C@@H]1[C@@H]2CC[C@]2(C)C(=O)CC[C@@H]12. The first-order valence-electron chi connectivity index (χ1n) is 10.2. The smallest absolute Gasteiger partial charge is 0.302 e. The van der Waals surface area contributed by atoms with Gasteiger partial charge in [-0.2, -0.15) is 0 Å². The van der Waals surface area contributed by atoms with E-state index in [1.807, 2.05) is 0 Å². The minimum absolute atomic E-state index is 0.0987. The first-order chi connectivity index (χ1) is 12.3. The van der Waals surface area contributed by atoms with Crippen molar-refractivity contribution in [2.75, 3.05) is 6.61 Å². The fourth-order valence-corrected chi connectivity index (χ4v) is 7.53. The molecule has 5 rings (SSSR count). The largest absolute Gasteiger partial charge is 0.465 e. The minimum Gasteiger partial charge on any atom is -0.465 e. The van der Waals surface area contributed by atoms with Gasteiger partial charge in [-0.25, -0.2) is 0 Å². The Kier molecular flexibility index (Phi) is 3.37. The van der Waals surface area contributed by atoms with E-state index in [0.717, 1.165) is 32.1 Å². The molecule has 0 radical (unpaired) electrons. The summed E-state index contributed by atoms with van der Waals surface area (Å²) in [4.78, 5) is 36.4. The van der Waals surface area contributed by atoms with Gasteiger partial charge in [-0.3, -0.25) is 14.4 Å². The van der Waals surface area contributed by atoms with Gasteiger partial charge in [0.25, 0.3) is 0 Å². The minimum atomic E-state index is -0.407. The third kappa shape index (κ3) is 1.93. The van der Waals surface area contributed by atoms with E-state index in [-0.39, 0.29) is 28.7 Å². The van der Waals surface area contributed by atoms with E-state index in [0.29, 0.717) is 49.4 Å². The third-order valence-corrected chi connectivity index (χ3v) is 8.84. The van der Waals surface area contributed by atoms with Gasteiger partial charge in [0, 0.05) is 37.0 Å². The summed E-state index contributed by atoms with van der Waals surface area (Å²) in [5.41, 5.74) is -0.828. The maximum atomic E-state index is 12.6. The second-order valence-electron chi connectivity index (χ2n) is 9.68. The normalized spacial score (nSPS) is 51.8. The van der Waals surface area contributed by atoms with Crippen molar-refractivity contribution in [1.82, 2.24) is 0 Å². The summed E-state index contributed by atoms with van der Waals surface area (Å²) in [6.45, 7) is 3.99. The zero-order valence-corrected chi connectivity index (χ0v) is 15.7. The molecule has 5 heteroatoms. The van der Waals surface area contributed by atoms with E-state index in [1.54, 1.807) is 0 Å². The van der Waals surface area contributed by atoms with Crippen molar-refractivity contribution in [3.05, 3.63) is 0 Å². The number of carbonyl (C=O) groups is 3. The van der Waals surface area contributed by atoms with Gasteiger partial charge in [0.2, 0.25) is 0 Å². The standard InChI is InChI=1S/C21H28O5/c1-12(22)25-11-20-8-5-13(23)10-21(20)18(26-21)9-14-15-3-4-17(24)19(15,2)7-6-16(14)20/h14-16,18H,3-11H2,1-2H3/t14-,15-,16-,18-,19-,20-,21-/m0/s1. The second-order valence-corrected chi connectivity index (χ2v) is 9.68. The molecule has 0 unspecified atom stereocenters. The van der Waals surface area contributed by atoms with Crippen LogP contribution in [0, 0.1) is 28.6 Å². The Hall–Kier alpha value is -1.23. The number of ether oxygens (including phenoxy) is 2. The van der Waals surface area contributed by atoms with E-state index < -0.39 is 5.60 Å². The van der Waals surface area contributed by atoms with Crippen LogP contribution in [0.3, 0.4) is 0 Å². The van der Waals surface area contributed by atoms with Crippen LogP contribution in [0.2, 0.25) is 0 Å². The van der Waals surface area contributed by atoms with Gasteiger partial charge in [0.05, 0.1) is 6.10 Å². The first-order valence-corrected chi connectivity index (χ1v) is 10.2. The highest BCUT2D eigenvalue weighted by atomic mass is 16.6. The lowest BCUT2D eigenvalue weighted by atomic mass is 9.44. The lowest BCUT2D eigenvalue weighted by Crippen LogP contribution is -2.61. The maximum Gasteiger partial charge on any atom is 0.302 e. The number of ketones is 2. The van der Waals surface area contributed by atoms with E-state index in [9.17, 15) is 14.4 Å². The zero-order valence-electron chi connectivity index (χ0n) is 15.7. The van der Waals surface area contributed by atoms with Crippen LogP contribution >= 0.6 is 0 Å². The molecule has 26 heavy (non-hydrogen) atoms. The van der Waals surface area contributed by atoms with Gasteiger partial charge in [0.15, 0.2) is 0 Å². The molecule has 1 saturated heterocycles. The topological polar surface area (TPSA) is 73.0 Å². The molecule has 1 aliphatic heterocycles. The summed E-state index contributed by atoms with van der Waals surface area (Å²) in [6, 6.07) is 0. The second kappa shape index (κ2) is 5.18. The number of rotatable bonds is 2. The molecular weight excluding hydrogens is 332 g/mol. The monoisotopic (exact) mass is 360 g/mol. The molecule has 1 spiro atoms. The Bertz CT molecular complexity index is 701. The van der Waals surface area contributed by atoms with Crippen molar-refractivity contribution in [2.45, 2.75) is 76.9 Å². The molecule has 5 nitrogen and oxygen atoms in total. The van der Waals surface area contributed by atoms with Crippen LogP contribution in [0.25, 0.3) is 0 Å². The number of esters is 1. The van der Waals surface area contributed by atoms with E-state index in [1.165, 1.54) is 6.92 Å². The van der Waals surface area contributed by atoms with Gasteiger partial charge >= 0.3 is 5.97 Å². The third-order valence-electron chi connectivity index (χ3n) is 8.84. The average molecular weight is 360 g/mol. The summed E-state index contributed by atoms with van der Waals surface area (Å²) in [5, 5.41) is 0. The molecule has 7 atom stereocenters. The molecule has 1 heterocycles. The fraction of sp³-hybridized carbons (Fsp3) is 0.857. The molecule has 5 fully saturated rings. The van der Waals surface area contributed by atoms with Crippen molar-refractivity contribution in [3.63, 3.8) is 0 Å². The zero-order chi connectivity index (χ0) is 18.3. The lowest BCUT2D eigenvalue weighted by molar-refractivity contribution is -0.165. The average Bonchev–Trinajstić information content (AvgIpc) is 3.19. The van der Waals surface area contributed by atoms with Crippen molar-refractivity contribution in [2.24, 2.45) is 28.6 Å². The number of Topliss-reactive ketones (excluding diaryl/α,β-unsaturated/α-hetero) is 2. The summed E-state index contributed by atoms with van der Waals surface area (Å²) in [6.07, 6.45) is 6.45. The highest BCUT2D eigenvalue weighted by Gasteiger charge is 2.78. The number of fused-ring (bicyclic) bond motifs is 4. The van der Waals surface area contributed by atoms with Gasteiger partial charge in [-0.05, 0) is 49.9 Å². The van der Waals surface area contributed by atoms with Crippen molar-refractivity contribution in [3.8, 4) is 0 Å². The van der Waals surface area contributed by atoms with E-state index in [2.05, 4.69) is 6.92 Å². The summed E-state index contributed by atoms with van der Waals surface area (Å²) < 4.78 is 11.9. The summed E-state index contributed by atoms with van der Waals surface area (Å²) in [7, 11) is 0. The van der Waals surface area contributed by atoms with Crippen molar-refractivity contribution >= 4 is 17.5 Å². The van der Waals surface area contributed by atoms with Gasteiger partial charge < -0.3 is 9.47 Å². The Morgan fingerprint density at radius 1 is 1.19 bits per heavy atom. The molecular formula is C21H28O5. The van der Waals surface area contributed by atoms with Gasteiger partial charge in [-0.1, -0.05) is 6.92 Å². The van der Waals surface area contributed by atoms with Crippen LogP contribution in [-0.2, 0) is 23.9 Å². The highest BCUT2D eigenvalue weighted by molar-refractivity contribution is 5.87. The molecule has 0 amide bonds. The van der Waals surface area contributed by atoms with Crippen LogP contribution in [0.4, 0.5) is 0 Å². The van der Waals surface area contributed by atoms with Crippen LogP contribution in [-0.4, -0.2) is 35.8 Å². The van der Waals surface area contributed by atoms with Crippen LogP contribution in [0.1, 0.15) is 65.2 Å². The van der Waals surface area contributed by atoms with Crippen LogP contribution in [0.15, 0.2) is 0 Å². The molecule has 0 aromatic rings. The Balaban J connectivity index is 1.54. The fourth-order valence-electron chi connectivity index (χ4n) is 7.53. The lowest BCUT2D eigenvalue weighted by Gasteiger charge is -2.58. The molecule has 5 aliphatic rings. The quantitative estimate of drug-likeness (QED) is 0.559. The van der Waals surface area contributed by atoms with Crippen LogP contribution in [0.5, 0.6) is 0 Å². The van der Waals surface area contributed by atoms with Crippen LogP contribution < -0.4 is 0 Å². The van der Waals surface area contributed by atoms with E-state index >= 15 is 0 Å². The summed E-state index contributed by atoms with van der Waals surface area (Å²) in [5.74, 6) is 1.70. The molecule has 0 bridgehead atoms. The molecule has 0 aromatic heterocycles. The molecule has 0 aromatic carbocycles. The molecule has 0 N–H and O–H groups in total. The van der Waals surface area contributed by atoms with Gasteiger partial charge in [-0.15, -0.1) is 0 Å². The number of epoxide rings is 1. The molecule has 4 saturated carbocycles. The Morgan fingerprint density at radius 2 is 2.00 bits per heavy atom. The molecule has 4 aliphatic carbocycles. The first kappa shape index (κ1) is 16.9. The predicted molar refractivity (Wildman–Crippen MR) is 92.2 cm³/mol. The predicted octanol–water partition coefficient (Wildman–Crippen LogP) is 2.84. The Morgan fingerprint density at radius 3 is 2.77 bits per heavy atom. The number of carbonyl (C=O) groups excluding carboxylic acids is 3. The van der Waals surface area contributed by atoms with E-state index in [4.69, 9.17) is 9.47 Å². The summed E-state index contributed by atoms with van der Waals surface area (Å²) >= 11 is 0. The Labute approximate surface area is 154 Å². The molecule has 142 valence electrons. The highest BCUT2D eigenvalue weighted by Crippen LogP contribution is 2.72. The van der Waals surface area contributed by atoms with Gasteiger partial charge in [0.1, 0.15) is 23.8 Å². The van der Waals surface area contributed by atoms with Crippen molar-refractivity contribution < 1.29 is 23.9 Å². The maximum absolute atomic E-state index is 12.6. The van der Waals surface area contributed by atoms with Crippen molar-refractivity contribution in [1.29, 1.82) is 0 Å². The number of hydrogen-bond donors (Lipinski definition) is 0. The number of hydrogen-bond acceptors (Lipinski definition) is 5.